The van der Waals surface area contributed by atoms with Crippen molar-refractivity contribution in [1.29, 1.82) is 0 Å². The van der Waals surface area contributed by atoms with E-state index in [1.54, 1.807) is 36.0 Å². The zero-order valence-electron chi connectivity index (χ0n) is 11.5. The Labute approximate surface area is 134 Å². The number of thioether (sulfide) groups is 1. The molecule has 6 heteroatoms. The van der Waals surface area contributed by atoms with Crippen LogP contribution in [0, 0.1) is 6.92 Å². The Kier molecular flexibility index (Phi) is 5.70. The highest BCUT2D eigenvalue weighted by atomic mass is 35.5. The van der Waals surface area contributed by atoms with Crippen LogP contribution in [0.3, 0.4) is 0 Å². The first-order valence-electron chi connectivity index (χ1n) is 6.42. The third kappa shape index (κ3) is 5.04. The maximum absolute atomic E-state index is 12.1. The molecule has 0 radical (unpaired) electrons. The van der Waals surface area contributed by atoms with Gasteiger partial charge in [0, 0.05) is 22.2 Å². The highest BCUT2D eigenvalue weighted by molar-refractivity contribution is 7.99. The van der Waals surface area contributed by atoms with E-state index < -0.39 is 10.0 Å². The summed E-state index contributed by atoms with van der Waals surface area (Å²) >= 11 is 7.39. The molecule has 21 heavy (non-hydrogen) atoms. The van der Waals surface area contributed by atoms with E-state index in [0.29, 0.717) is 22.2 Å². The maximum Gasteiger partial charge on any atom is 0.240 e. The Hall–Kier alpha value is -1.01. The number of sulfonamides is 1. The average molecular weight is 342 g/mol. The minimum absolute atomic E-state index is 0.296. The lowest BCUT2D eigenvalue weighted by molar-refractivity contribution is 0.584. The lowest BCUT2D eigenvalue weighted by Gasteiger charge is -2.07. The minimum atomic E-state index is -3.42. The molecule has 0 bridgehead atoms. The first kappa shape index (κ1) is 16.4. The summed E-state index contributed by atoms with van der Waals surface area (Å²) in [5, 5.41) is 0.694. The van der Waals surface area contributed by atoms with Gasteiger partial charge in [-0.3, -0.25) is 0 Å². The Morgan fingerprint density at radius 3 is 2.29 bits per heavy atom. The summed E-state index contributed by atoms with van der Waals surface area (Å²) in [6, 6.07) is 14.3. The maximum atomic E-state index is 12.1. The van der Waals surface area contributed by atoms with Gasteiger partial charge in [-0.1, -0.05) is 29.3 Å². The van der Waals surface area contributed by atoms with Crippen molar-refractivity contribution >= 4 is 33.4 Å². The van der Waals surface area contributed by atoms with Crippen LogP contribution in [0.15, 0.2) is 58.3 Å². The number of aryl methyl sites for hydroxylation is 1. The summed E-state index contributed by atoms with van der Waals surface area (Å²) < 4.78 is 26.7. The van der Waals surface area contributed by atoms with Gasteiger partial charge < -0.3 is 0 Å². The van der Waals surface area contributed by atoms with E-state index in [2.05, 4.69) is 4.72 Å². The molecule has 2 rings (SSSR count). The molecular weight excluding hydrogens is 326 g/mol. The second-order valence-electron chi connectivity index (χ2n) is 4.51. The van der Waals surface area contributed by atoms with Crippen molar-refractivity contribution in [3.8, 4) is 0 Å². The number of hydrogen-bond donors (Lipinski definition) is 1. The normalized spacial score (nSPS) is 11.5. The summed E-state index contributed by atoms with van der Waals surface area (Å²) in [5.41, 5.74) is 1.03. The summed E-state index contributed by atoms with van der Waals surface area (Å²) in [6.07, 6.45) is 0. The van der Waals surface area contributed by atoms with Gasteiger partial charge in [0.2, 0.25) is 10.0 Å². The summed E-state index contributed by atoms with van der Waals surface area (Å²) in [4.78, 5) is 1.36. The van der Waals surface area contributed by atoms with Crippen molar-refractivity contribution < 1.29 is 8.42 Å². The van der Waals surface area contributed by atoms with Crippen LogP contribution in [0.4, 0.5) is 0 Å². The molecule has 1 N–H and O–H groups in total. The van der Waals surface area contributed by atoms with Crippen LogP contribution in [0.5, 0.6) is 0 Å². The Morgan fingerprint density at radius 2 is 1.67 bits per heavy atom. The number of benzene rings is 2. The molecule has 0 amide bonds. The lowest BCUT2D eigenvalue weighted by atomic mass is 10.2. The van der Waals surface area contributed by atoms with Gasteiger partial charge in [-0.2, -0.15) is 0 Å². The minimum Gasteiger partial charge on any atom is -0.210 e. The van der Waals surface area contributed by atoms with E-state index in [0.717, 1.165) is 10.5 Å². The fourth-order valence-electron chi connectivity index (χ4n) is 1.68. The van der Waals surface area contributed by atoms with Crippen LogP contribution in [0.2, 0.25) is 5.02 Å². The molecule has 0 atom stereocenters. The van der Waals surface area contributed by atoms with Crippen LogP contribution in [-0.2, 0) is 10.0 Å². The molecule has 2 aromatic carbocycles. The molecular formula is C15H16ClNO2S2. The molecule has 0 heterocycles. The fraction of sp³-hybridized carbons (Fsp3) is 0.200. The van der Waals surface area contributed by atoms with Crippen molar-refractivity contribution in [2.45, 2.75) is 16.7 Å². The zero-order chi connectivity index (χ0) is 15.3. The van der Waals surface area contributed by atoms with Crippen LogP contribution in [0.1, 0.15) is 5.56 Å². The predicted molar refractivity (Wildman–Crippen MR) is 88.5 cm³/mol. The summed E-state index contributed by atoms with van der Waals surface area (Å²) in [7, 11) is -3.42. The van der Waals surface area contributed by atoms with Crippen molar-refractivity contribution in [1.82, 2.24) is 4.72 Å². The van der Waals surface area contributed by atoms with E-state index >= 15 is 0 Å². The third-order valence-corrected chi connectivity index (χ3v) is 5.55. The molecule has 0 aliphatic carbocycles. The molecule has 0 aliphatic heterocycles. The van der Waals surface area contributed by atoms with Gasteiger partial charge in [-0.05, 0) is 43.3 Å². The Bertz CT molecular complexity index is 683. The molecule has 112 valence electrons. The monoisotopic (exact) mass is 341 g/mol. The van der Waals surface area contributed by atoms with Crippen molar-refractivity contribution in [3.05, 3.63) is 59.1 Å². The predicted octanol–water partition coefficient (Wildman–Crippen LogP) is 3.72. The molecule has 0 saturated carbocycles. The molecule has 0 spiro atoms. The van der Waals surface area contributed by atoms with E-state index in [9.17, 15) is 8.42 Å². The largest absolute Gasteiger partial charge is 0.240 e. The molecule has 0 fully saturated rings. The number of rotatable bonds is 6. The molecule has 0 saturated heterocycles. The topological polar surface area (TPSA) is 46.2 Å². The van der Waals surface area contributed by atoms with Gasteiger partial charge in [0.15, 0.2) is 0 Å². The molecule has 0 aromatic heterocycles. The smallest absolute Gasteiger partial charge is 0.210 e. The Morgan fingerprint density at radius 1 is 1.05 bits per heavy atom. The van der Waals surface area contributed by atoms with E-state index in [1.807, 2.05) is 31.2 Å². The first-order valence-corrected chi connectivity index (χ1v) is 9.27. The van der Waals surface area contributed by atoms with Gasteiger partial charge in [-0.25, -0.2) is 13.1 Å². The Balaban J connectivity index is 1.85. The van der Waals surface area contributed by atoms with E-state index in [-0.39, 0.29) is 0 Å². The van der Waals surface area contributed by atoms with Crippen LogP contribution in [-0.4, -0.2) is 20.7 Å². The van der Waals surface area contributed by atoms with Gasteiger partial charge in [-0.15, -0.1) is 11.8 Å². The van der Waals surface area contributed by atoms with Gasteiger partial charge in [0.05, 0.1) is 4.90 Å². The third-order valence-electron chi connectivity index (χ3n) is 2.81. The van der Waals surface area contributed by atoms with E-state index in [4.69, 9.17) is 11.6 Å². The fourth-order valence-corrected chi connectivity index (χ4v) is 3.73. The van der Waals surface area contributed by atoms with Crippen LogP contribution < -0.4 is 4.72 Å². The van der Waals surface area contributed by atoms with Gasteiger partial charge in [0.1, 0.15) is 0 Å². The standard InChI is InChI=1S/C15H16ClNO2S2/c1-12-2-8-15(9-3-12)21(18,19)17-10-11-20-14-6-4-13(16)5-7-14/h2-9,17H,10-11H2,1H3. The summed E-state index contributed by atoms with van der Waals surface area (Å²) in [6.45, 7) is 2.30. The van der Waals surface area contributed by atoms with Crippen LogP contribution >= 0.6 is 23.4 Å². The van der Waals surface area contributed by atoms with E-state index in [1.165, 1.54) is 0 Å². The first-order chi connectivity index (χ1) is 9.97. The number of halogens is 1. The molecule has 0 unspecified atom stereocenters. The van der Waals surface area contributed by atoms with Crippen molar-refractivity contribution in [3.63, 3.8) is 0 Å². The highest BCUT2D eigenvalue weighted by Crippen LogP contribution is 2.20. The average Bonchev–Trinajstić information content (AvgIpc) is 2.46. The second-order valence-corrected chi connectivity index (χ2v) is 7.88. The van der Waals surface area contributed by atoms with Crippen molar-refractivity contribution in [2.24, 2.45) is 0 Å². The molecule has 3 nitrogen and oxygen atoms in total. The number of hydrogen-bond acceptors (Lipinski definition) is 3. The van der Waals surface area contributed by atoms with Crippen molar-refractivity contribution in [2.75, 3.05) is 12.3 Å². The molecule has 2 aromatic rings. The lowest BCUT2D eigenvalue weighted by Crippen LogP contribution is -2.26. The highest BCUT2D eigenvalue weighted by Gasteiger charge is 2.12. The quantitative estimate of drug-likeness (QED) is 0.643. The summed E-state index contributed by atoms with van der Waals surface area (Å²) in [5.74, 6) is 0.659. The van der Waals surface area contributed by atoms with Gasteiger partial charge >= 0.3 is 0 Å². The van der Waals surface area contributed by atoms with Gasteiger partial charge in [0.25, 0.3) is 0 Å². The second kappa shape index (κ2) is 7.31. The zero-order valence-corrected chi connectivity index (χ0v) is 13.9. The molecule has 0 aliphatic rings. The number of nitrogens with one attached hydrogen (secondary N) is 1. The van der Waals surface area contributed by atoms with Crippen LogP contribution in [0.25, 0.3) is 0 Å². The SMILES string of the molecule is Cc1ccc(S(=O)(=O)NCCSc2ccc(Cl)cc2)cc1.